The molecule has 3 rings (SSSR count). The first-order valence-corrected chi connectivity index (χ1v) is 8.17. The Bertz CT molecular complexity index is 764. The lowest BCUT2D eigenvalue weighted by molar-refractivity contribution is -0.0498. The van der Waals surface area contributed by atoms with Crippen LogP contribution >= 0.6 is 0 Å². The molecule has 140 valence electrons. The van der Waals surface area contributed by atoms with Gasteiger partial charge in [0.2, 0.25) is 0 Å². The highest BCUT2D eigenvalue weighted by Gasteiger charge is 2.23. The van der Waals surface area contributed by atoms with Crippen LogP contribution < -0.4 is 4.74 Å². The molecule has 2 heterocycles. The van der Waals surface area contributed by atoms with Gasteiger partial charge in [-0.05, 0) is 36.8 Å². The van der Waals surface area contributed by atoms with Crippen molar-refractivity contribution in [2.24, 2.45) is 0 Å². The van der Waals surface area contributed by atoms with Crippen LogP contribution in [0.1, 0.15) is 34.3 Å². The molecule has 0 saturated carbocycles. The number of hydrogen-bond donors (Lipinski definition) is 2. The highest BCUT2D eigenvalue weighted by Crippen LogP contribution is 2.21. The van der Waals surface area contributed by atoms with Crippen molar-refractivity contribution < 1.29 is 28.5 Å². The molecular formula is C17H19F2N3O4. The molecule has 0 bridgehead atoms. The smallest absolute Gasteiger partial charge is 0.387 e. The van der Waals surface area contributed by atoms with E-state index in [-0.39, 0.29) is 11.7 Å². The van der Waals surface area contributed by atoms with Crippen LogP contribution in [0.15, 0.2) is 30.3 Å². The Kier molecular flexibility index (Phi) is 5.48. The summed E-state index contributed by atoms with van der Waals surface area (Å²) in [6, 6.07) is 7.23. The minimum Gasteiger partial charge on any atom is -0.435 e. The van der Waals surface area contributed by atoms with Gasteiger partial charge in [0.15, 0.2) is 0 Å². The van der Waals surface area contributed by atoms with Crippen LogP contribution in [-0.4, -0.2) is 50.6 Å². The number of halogens is 2. The Morgan fingerprint density at radius 3 is 2.65 bits per heavy atom. The molecule has 2 N–H and O–H groups in total. The molecule has 1 aliphatic heterocycles. The number of aliphatic hydroxyl groups excluding tert-OH is 2. The summed E-state index contributed by atoms with van der Waals surface area (Å²) in [5.74, 6) is -0.236. The number of ether oxygens (including phenoxy) is 1. The molecule has 1 atom stereocenters. The molecule has 0 aliphatic carbocycles. The predicted molar refractivity (Wildman–Crippen MR) is 86.7 cm³/mol. The highest BCUT2D eigenvalue weighted by atomic mass is 19.3. The zero-order valence-corrected chi connectivity index (χ0v) is 13.9. The summed E-state index contributed by atoms with van der Waals surface area (Å²) < 4.78 is 30.4. The van der Waals surface area contributed by atoms with E-state index in [9.17, 15) is 18.7 Å². The van der Waals surface area contributed by atoms with Crippen molar-refractivity contribution >= 4 is 5.91 Å². The van der Waals surface area contributed by atoms with Gasteiger partial charge in [-0.1, -0.05) is 0 Å². The number of carbonyl (C=O) groups is 1. The van der Waals surface area contributed by atoms with Gasteiger partial charge < -0.3 is 19.8 Å². The van der Waals surface area contributed by atoms with E-state index in [4.69, 9.17) is 5.11 Å². The highest BCUT2D eigenvalue weighted by molar-refractivity contribution is 5.94. The molecule has 7 nitrogen and oxygen atoms in total. The summed E-state index contributed by atoms with van der Waals surface area (Å²) in [5, 5.41) is 23.0. The van der Waals surface area contributed by atoms with Crippen LogP contribution in [0, 0.1) is 0 Å². The summed E-state index contributed by atoms with van der Waals surface area (Å²) in [7, 11) is 0. The van der Waals surface area contributed by atoms with Crippen molar-refractivity contribution in [2.45, 2.75) is 32.2 Å². The Hall–Kier alpha value is -2.52. The standard InChI is InChI=1S/C17H19F2N3O4/c18-17(19)26-13-4-2-11(3-5-13)16(25)21-6-1-7-22-12(9-21)8-14(20-22)15(24)10-23/h2-5,8,15,17,23-24H,1,6-7,9-10H2/t15-/m0/s1. The lowest BCUT2D eigenvalue weighted by atomic mass is 10.1. The third-order valence-electron chi connectivity index (χ3n) is 4.16. The fraction of sp³-hybridized carbons (Fsp3) is 0.412. The molecule has 0 spiro atoms. The van der Waals surface area contributed by atoms with Crippen LogP contribution in [-0.2, 0) is 13.1 Å². The molecular weight excluding hydrogens is 348 g/mol. The largest absolute Gasteiger partial charge is 0.435 e. The minimum absolute atomic E-state index is 0.00637. The van der Waals surface area contributed by atoms with Crippen LogP contribution in [0.2, 0.25) is 0 Å². The molecule has 0 saturated heterocycles. The number of aromatic nitrogens is 2. The summed E-state index contributed by atoms with van der Waals surface area (Å²) in [6.07, 6.45) is -0.372. The molecule has 9 heteroatoms. The third kappa shape index (κ3) is 4.00. The molecule has 1 amide bonds. The predicted octanol–water partition coefficient (Wildman–Crippen LogP) is 1.56. The Balaban J connectivity index is 1.74. The van der Waals surface area contributed by atoms with Gasteiger partial charge in [0.05, 0.1) is 24.5 Å². The lowest BCUT2D eigenvalue weighted by Gasteiger charge is -2.20. The van der Waals surface area contributed by atoms with Crippen LogP contribution in [0.4, 0.5) is 8.78 Å². The molecule has 26 heavy (non-hydrogen) atoms. The molecule has 0 radical (unpaired) electrons. The van der Waals surface area contributed by atoms with E-state index in [1.165, 1.54) is 24.3 Å². The zero-order valence-electron chi connectivity index (χ0n) is 13.9. The average molecular weight is 367 g/mol. The maximum Gasteiger partial charge on any atom is 0.387 e. The fourth-order valence-electron chi connectivity index (χ4n) is 2.88. The normalized spacial score (nSPS) is 15.5. The first kappa shape index (κ1) is 18.3. The number of rotatable bonds is 5. The maximum atomic E-state index is 12.7. The molecule has 0 fully saturated rings. The monoisotopic (exact) mass is 367 g/mol. The van der Waals surface area contributed by atoms with E-state index >= 15 is 0 Å². The van der Waals surface area contributed by atoms with Gasteiger partial charge in [-0.3, -0.25) is 9.48 Å². The number of hydrogen-bond acceptors (Lipinski definition) is 5. The van der Waals surface area contributed by atoms with Crippen LogP contribution in [0.3, 0.4) is 0 Å². The second kappa shape index (κ2) is 7.79. The van der Waals surface area contributed by atoms with Crippen molar-refractivity contribution in [3.63, 3.8) is 0 Å². The molecule has 0 unspecified atom stereocenters. The maximum absolute atomic E-state index is 12.7. The van der Waals surface area contributed by atoms with Gasteiger partial charge in [-0.2, -0.15) is 13.9 Å². The molecule has 1 aromatic heterocycles. The van der Waals surface area contributed by atoms with Crippen molar-refractivity contribution in [1.82, 2.24) is 14.7 Å². The number of fused-ring (bicyclic) bond motifs is 1. The second-order valence-corrected chi connectivity index (χ2v) is 5.97. The summed E-state index contributed by atoms with van der Waals surface area (Å²) in [6.45, 7) is -1.91. The van der Waals surface area contributed by atoms with Crippen molar-refractivity contribution in [1.29, 1.82) is 0 Å². The number of alkyl halides is 2. The second-order valence-electron chi connectivity index (χ2n) is 5.97. The van der Waals surface area contributed by atoms with E-state index in [1.807, 2.05) is 0 Å². The van der Waals surface area contributed by atoms with E-state index in [1.54, 1.807) is 15.6 Å². The molecule has 1 aromatic carbocycles. The van der Waals surface area contributed by atoms with Crippen molar-refractivity contribution in [2.75, 3.05) is 13.2 Å². The van der Waals surface area contributed by atoms with Gasteiger partial charge in [0.25, 0.3) is 5.91 Å². The van der Waals surface area contributed by atoms with Crippen LogP contribution in [0.5, 0.6) is 5.75 Å². The first-order valence-electron chi connectivity index (χ1n) is 8.17. The third-order valence-corrected chi connectivity index (χ3v) is 4.16. The molecule has 2 aromatic rings. The number of nitrogens with zero attached hydrogens (tertiary/aromatic N) is 3. The Morgan fingerprint density at radius 1 is 1.27 bits per heavy atom. The van der Waals surface area contributed by atoms with Gasteiger partial charge in [0.1, 0.15) is 11.9 Å². The quantitative estimate of drug-likeness (QED) is 0.837. The number of carbonyl (C=O) groups excluding carboxylic acids is 1. The Morgan fingerprint density at radius 2 is 2.00 bits per heavy atom. The first-order chi connectivity index (χ1) is 12.5. The molecule has 1 aliphatic rings. The minimum atomic E-state index is -2.91. The summed E-state index contributed by atoms with van der Waals surface area (Å²) >= 11 is 0. The van der Waals surface area contributed by atoms with E-state index in [0.29, 0.717) is 37.3 Å². The summed E-state index contributed by atoms with van der Waals surface area (Å²) in [5.41, 5.74) is 1.50. The van der Waals surface area contributed by atoms with Gasteiger partial charge in [-0.25, -0.2) is 0 Å². The number of aryl methyl sites for hydroxylation is 1. The fourth-order valence-corrected chi connectivity index (χ4v) is 2.88. The average Bonchev–Trinajstić information content (AvgIpc) is 2.92. The van der Waals surface area contributed by atoms with Gasteiger partial charge in [-0.15, -0.1) is 0 Å². The number of benzene rings is 1. The van der Waals surface area contributed by atoms with E-state index in [2.05, 4.69) is 9.84 Å². The topological polar surface area (TPSA) is 87.8 Å². The van der Waals surface area contributed by atoms with Gasteiger partial charge in [0, 0.05) is 18.7 Å². The number of aliphatic hydroxyl groups is 2. The van der Waals surface area contributed by atoms with Crippen molar-refractivity contribution in [3.05, 3.63) is 47.3 Å². The van der Waals surface area contributed by atoms with E-state index < -0.39 is 19.3 Å². The lowest BCUT2D eigenvalue weighted by Crippen LogP contribution is -2.30. The Labute approximate surface area is 148 Å². The van der Waals surface area contributed by atoms with E-state index in [0.717, 1.165) is 5.69 Å². The van der Waals surface area contributed by atoms with Crippen molar-refractivity contribution in [3.8, 4) is 5.75 Å². The summed E-state index contributed by atoms with van der Waals surface area (Å²) in [4.78, 5) is 14.3. The zero-order chi connectivity index (χ0) is 18.7. The SMILES string of the molecule is O=C(c1ccc(OC(F)F)cc1)N1CCCn2nc([C@@H](O)CO)cc2C1. The van der Waals surface area contributed by atoms with Crippen LogP contribution in [0.25, 0.3) is 0 Å². The van der Waals surface area contributed by atoms with Gasteiger partial charge >= 0.3 is 6.61 Å². The number of amides is 1.